The van der Waals surface area contributed by atoms with Gasteiger partial charge in [0.05, 0.1) is 0 Å². The average molecular weight is 262 g/mol. The third-order valence-corrected chi connectivity index (χ3v) is 4.08. The van der Waals surface area contributed by atoms with Gasteiger partial charge in [0.1, 0.15) is 5.82 Å². The first-order chi connectivity index (χ1) is 9.14. The van der Waals surface area contributed by atoms with Crippen LogP contribution in [0.3, 0.4) is 0 Å². The van der Waals surface area contributed by atoms with Crippen LogP contribution < -0.4 is 17.0 Å². The van der Waals surface area contributed by atoms with Gasteiger partial charge in [-0.25, -0.2) is 4.98 Å². The Balaban J connectivity index is 2.14. The Morgan fingerprint density at radius 2 is 1.89 bits per heavy atom. The van der Waals surface area contributed by atoms with E-state index in [4.69, 9.17) is 11.5 Å². The van der Waals surface area contributed by atoms with E-state index in [1.54, 1.807) is 0 Å². The van der Waals surface area contributed by atoms with Gasteiger partial charge in [0.15, 0.2) is 11.2 Å². The minimum atomic E-state index is -0.288. The molecule has 2 aromatic heterocycles. The second-order valence-corrected chi connectivity index (χ2v) is 5.28. The van der Waals surface area contributed by atoms with Crippen molar-refractivity contribution in [3.8, 4) is 0 Å². The van der Waals surface area contributed by atoms with Gasteiger partial charge < -0.3 is 16.5 Å². The zero-order valence-electron chi connectivity index (χ0n) is 10.7. The van der Waals surface area contributed by atoms with Gasteiger partial charge >= 0.3 is 0 Å². The Morgan fingerprint density at radius 3 is 2.58 bits per heavy atom. The standard InChI is InChI=1S/C12H18N6O/c13-6-12(4-2-1-3-5-12)10-15-7-8(16-10)17-11(14)18-9(7)19/h1-6,13H2,(H4,14,15,16,17,18,19). The van der Waals surface area contributed by atoms with E-state index in [2.05, 4.69) is 19.9 Å². The van der Waals surface area contributed by atoms with Crippen molar-refractivity contribution in [2.45, 2.75) is 37.5 Å². The Kier molecular flexibility index (Phi) is 2.78. The number of hydrogen-bond acceptors (Lipinski definition) is 5. The molecule has 0 amide bonds. The number of nitrogens with zero attached hydrogens (tertiary/aromatic N) is 2. The van der Waals surface area contributed by atoms with Crippen molar-refractivity contribution in [2.24, 2.45) is 5.73 Å². The maximum Gasteiger partial charge on any atom is 0.278 e. The van der Waals surface area contributed by atoms with Gasteiger partial charge in [0.2, 0.25) is 5.95 Å². The highest BCUT2D eigenvalue weighted by Gasteiger charge is 2.35. The minimum Gasteiger partial charge on any atom is -0.369 e. The number of nitrogens with two attached hydrogens (primary N) is 2. The van der Waals surface area contributed by atoms with Gasteiger partial charge in [-0.2, -0.15) is 4.98 Å². The number of nitrogens with one attached hydrogen (secondary N) is 2. The highest BCUT2D eigenvalue weighted by molar-refractivity contribution is 5.70. The van der Waals surface area contributed by atoms with E-state index in [1.807, 2.05) is 0 Å². The zero-order valence-corrected chi connectivity index (χ0v) is 10.7. The predicted molar refractivity (Wildman–Crippen MR) is 72.7 cm³/mol. The molecule has 7 heteroatoms. The molecule has 1 fully saturated rings. The second kappa shape index (κ2) is 4.34. The summed E-state index contributed by atoms with van der Waals surface area (Å²) in [4.78, 5) is 25.9. The first kappa shape index (κ1) is 12.2. The Morgan fingerprint density at radius 1 is 1.16 bits per heavy atom. The van der Waals surface area contributed by atoms with Crippen LogP contribution in [0.1, 0.15) is 37.9 Å². The topological polar surface area (TPSA) is 126 Å². The molecule has 0 bridgehead atoms. The largest absolute Gasteiger partial charge is 0.369 e. The van der Waals surface area contributed by atoms with Crippen molar-refractivity contribution >= 4 is 17.1 Å². The monoisotopic (exact) mass is 262 g/mol. The number of H-pyrrole nitrogens is 2. The van der Waals surface area contributed by atoms with Crippen molar-refractivity contribution < 1.29 is 0 Å². The maximum atomic E-state index is 11.8. The summed E-state index contributed by atoms with van der Waals surface area (Å²) >= 11 is 0. The molecule has 1 aliphatic carbocycles. The predicted octanol–water partition coefficient (Wildman–Crippen LogP) is 0.389. The van der Waals surface area contributed by atoms with Crippen LogP contribution in [0, 0.1) is 0 Å². The molecule has 0 aromatic carbocycles. The van der Waals surface area contributed by atoms with E-state index >= 15 is 0 Å². The van der Waals surface area contributed by atoms with Crippen LogP contribution in [0.4, 0.5) is 5.95 Å². The lowest BCUT2D eigenvalue weighted by Gasteiger charge is -2.34. The average Bonchev–Trinajstić information content (AvgIpc) is 2.84. The summed E-state index contributed by atoms with van der Waals surface area (Å²) in [5.74, 6) is 0.856. The summed E-state index contributed by atoms with van der Waals surface area (Å²) in [5.41, 5.74) is 11.8. The molecule has 0 unspecified atom stereocenters. The van der Waals surface area contributed by atoms with Crippen molar-refractivity contribution in [3.05, 3.63) is 16.2 Å². The van der Waals surface area contributed by atoms with Crippen LogP contribution in [-0.4, -0.2) is 26.5 Å². The molecular weight excluding hydrogens is 244 g/mol. The molecule has 7 nitrogen and oxygen atoms in total. The molecule has 102 valence electrons. The normalized spacial score (nSPS) is 18.8. The van der Waals surface area contributed by atoms with E-state index in [0.717, 1.165) is 31.5 Å². The molecule has 0 saturated heterocycles. The number of aromatic amines is 2. The Labute approximate surface area is 109 Å². The maximum absolute atomic E-state index is 11.8. The summed E-state index contributed by atoms with van der Waals surface area (Å²) in [5, 5.41) is 0. The molecule has 0 spiro atoms. The molecule has 1 aliphatic rings. The smallest absolute Gasteiger partial charge is 0.278 e. The number of aromatic nitrogens is 4. The van der Waals surface area contributed by atoms with Gasteiger partial charge in [0, 0.05) is 12.0 Å². The van der Waals surface area contributed by atoms with E-state index in [-0.39, 0.29) is 16.9 Å². The fourth-order valence-electron chi connectivity index (χ4n) is 2.94. The highest BCUT2D eigenvalue weighted by atomic mass is 16.1. The number of hydrogen-bond donors (Lipinski definition) is 4. The van der Waals surface area contributed by atoms with Crippen molar-refractivity contribution in [2.75, 3.05) is 12.3 Å². The molecule has 0 aliphatic heterocycles. The molecular formula is C12H18N6O. The van der Waals surface area contributed by atoms with Gasteiger partial charge in [0.25, 0.3) is 5.56 Å². The molecule has 6 N–H and O–H groups in total. The van der Waals surface area contributed by atoms with Crippen molar-refractivity contribution in [1.82, 2.24) is 19.9 Å². The number of fused-ring (bicyclic) bond motifs is 1. The molecule has 2 aromatic rings. The van der Waals surface area contributed by atoms with E-state index in [1.165, 1.54) is 6.42 Å². The number of nitrogen functional groups attached to an aromatic ring is 1. The first-order valence-electron chi connectivity index (χ1n) is 6.61. The van der Waals surface area contributed by atoms with Crippen LogP contribution in [0.25, 0.3) is 11.2 Å². The third-order valence-electron chi connectivity index (χ3n) is 4.08. The SMILES string of the molecule is NCC1(c2nc3nc(N)[nH]c(=O)c3[nH]2)CCCCC1. The Hall–Kier alpha value is -1.89. The highest BCUT2D eigenvalue weighted by Crippen LogP contribution is 2.37. The number of anilines is 1. The van der Waals surface area contributed by atoms with Crippen LogP contribution in [0.2, 0.25) is 0 Å². The first-order valence-corrected chi connectivity index (χ1v) is 6.61. The summed E-state index contributed by atoms with van der Waals surface area (Å²) in [6.45, 7) is 0.528. The van der Waals surface area contributed by atoms with Crippen LogP contribution in [-0.2, 0) is 5.41 Å². The molecule has 0 radical (unpaired) electrons. The zero-order chi connectivity index (χ0) is 13.5. The minimum absolute atomic E-state index is 0.0843. The van der Waals surface area contributed by atoms with Crippen molar-refractivity contribution in [1.29, 1.82) is 0 Å². The lowest BCUT2D eigenvalue weighted by molar-refractivity contribution is 0.288. The van der Waals surface area contributed by atoms with Crippen LogP contribution in [0.15, 0.2) is 4.79 Å². The van der Waals surface area contributed by atoms with Crippen LogP contribution in [0.5, 0.6) is 0 Å². The van der Waals surface area contributed by atoms with Crippen LogP contribution >= 0.6 is 0 Å². The van der Waals surface area contributed by atoms with Gasteiger partial charge in [-0.15, -0.1) is 0 Å². The van der Waals surface area contributed by atoms with Gasteiger partial charge in [-0.1, -0.05) is 19.3 Å². The van der Waals surface area contributed by atoms with Gasteiger partial charge in [-0.05, 0) is 12.8 Å². The number of imidazole rings is 1. The summed E-state index contributed by atoms with van der Waals surface area (Å²) < 4.78 is 0. The van der Waals surface area contributed by atoms with E-state index in [9.17, 15) is 4.79 Å². The molecule has 0 atom stereocenters. The molecule has 3 rings (SSSR count). The van der Waals surface area contributed by atoms with Gasteiger partial charge in [-0.3, -0.25) is 9.78 Å². The third kappa shape index (κ3) is 1.90. The lowest BCUT2D eigenvalue weighted by atomic mass is 9.73. The summed E-state index contributed by atoms with van der Waals surface area (Å²) in [6.07, 6.45) is 5.50. The van der Waals surface area contributed by atoms with Crippen molar-refractivity contribution in [3.63, 3.8) is 0 Å². The Bertz CT molecular complexity index is 652. The summed E-state index contributed by atoms with van der Waals surface area (Å²) in [7, 11) is 0. The fraction of sp³-hybridized carbons (Fsp3) is 0.583. The molecule has 19 heavy (non-hydrogen) atoms. The number of rotatable bonds is 2. The van der Waals surface area contributed by atoms with E-state index < -0.39 is 0 Å². The molecule has 2 heterocycles. The lowest BCUT2D eigenvalue weighted by Crippen LogP contribution is -2.38. The second-order valence-electron chi connectivity index (χ2n) is 5.28. The summed E-state index contributed by atoms with van der Waals surface area (Å²) in [6, 6.07) is 0. The fourth-order valence-corrected chi connectivity index (χ4v) is 2.94. The quantitative estimate of drug-likeness (QED) is 0.622. The van der Waals surface area contributed by atoms with E-state index in [0.29, 0.717) is 17.7 Å². The molecule has 1 saturated carbocycles.